The van der Waals surface area contributed by atoms with Crippen LogP contribution < -0.4 is 10.2 Å². The first-order chi connectivity index (χ1) is 10.3. The van der Waals surface area contributed by atoms with E-state index in [2.05, 4.69) is 15.2 Å². The molecule has 0 atom stereocenters. The number of nitrogens with zero attached hydrogens (tertiary/aromatic N) is 3. The van der Waals surface area contributed by atoms with Crippen molar-refractivity contribution in [2.75, 3.05) is 36.4 Å². The standard InChI is InChI=1S/C15H20N4O2/c20-11-18-6-8-19(9-7-18)13-4-5-14(16-10-13)17-15(21)12-2-1-3-12/h4-5,10-12H,1-3,6-9H2,(H,16,17,21). The van der Waals surface area contributed by atoms with Crippen molar-refractivity contribution >= 4 is 23.8 Å². The van der Waals surface area contributed by atoms with Crippen LogP contribution in [0.3, 0.4) is 0 Å². The third kappa shape index (κ3) is 3.15. The summed E-state index contributed by atoms with van der Waals surface area (Å²) >= 11 is 0. The maximum atomic E-state index is 11.9. The van der Waals surface area contributed by atoms with Crippen molar-refractivity contribution in [3.63, 3.8) is 0 Å². The lowest BCUT2D eigenvalue weighted by Crippen LogP contribution is -2.45. The van der Waals surface area contributed by atoms with E-state index in [4.69, 9.17) is 0 Å². The van der Waals surface area contributed by atoms with Crippen LogP contribution in [0.25, 0.3) is 0 Å². The number of hydrogen-bond donors (Lipinski definition) is 1. The van der Waals surface area contributed by atoms with E-state index in [1.165, 1.54) is 0 Å². The number of pyridine rings is 1. The minimum atomic E-state index is 0.0843. The number of nitrogens with one attached hydrogen (secondary N) is 1. The smallest absolute Gasteiger partial charge is 0.228 e. The van der Waals surface area contributed by atoms with Crippen LogP contribution >= 0.6 is 0 Å². The summed E-state index contributed by atoms with van der Waals surface area (Å²) in [6.45, 7) is 3.11. The van der Waals surface area contributed by atoms with Crippen LogP contribution in [0, 0.1) is 5.92 Å². The fourth-order valence-electron chi connectivity index (χ4n) is 2.63. The molecule has 0 spiro atoms. The maximum absolute atomic E-state index is 11.9. The van der Waals surface area contributed by atoms with E-state index in [1.54, 1.807) is 11.1 Å². The molecule has 2 aliphatic rings. The number of anilines is 2. The van der Waals surface area contributed by atoms with Gasteiger partial charge in [0.15, 0.2) is 0 Å². The van der Waals surface area contributed by atoms with Gasteiger partial charge in [0.05, 0.1) is 11.9 Å². The van der Waals surface area contributed by atoms with Gasteiger partial charge in [-0.2, -0.15) is 0 Å². The molecular weight excluding hydrogens is 268 g/mol. The Balaban J connectivity index is 1.56. The van der Waals surface area contributed by atoms with Gasteiger partial charge in [-0.25, -0.2) is 4.98 Å². The second-order valence-electron chi connectivity index (χ2n) is 5.65. The summed E-state index contributed by atoms with van der Waals surface area (Å²) in [6, 6.07) is 3.82. The fraction of sp³-hybridized carbons (Fsp3) is 0.533. The Hall–Kier alpha value is -2.11. The van der Waals surface area contributed by atoms with Crippen molar-refractivity contribution in [1.29, 1.82) is 0 Å². The van der Waals surface area contributed by atoms with Gasteiger partial charge in [0.1, 0.15) is 5.82 Å². The third-order valence-electron chi connectivity index (χ3n) is 4.30. The Labute approximate surface area is 124 Å². The van der Waals surface area contributed by atoms with Crippen molar-refractivity contribution in [3.8, 4) is 0 Å². The number of aromatic nitrogens is 1. The molecule has 1 aromatic rings. The minimum Gasteiger partial charge on any atom is -0.367 e. The zero-order valence-corrected chi connectivity index (χ0v) is 12.0. The molecule has 1 saturated heterocycles. The van der Waals surface area contributed by atoms with E-state index in [1.807, 2.05) is 12.1 Å². The Kier molecular flexibility index (Phi) is 4.03. The number of rotatable bonds is 4. The van der Waals surface area contributed by atoms with Gasteiger partial charge in [0, 0.05) is 32.1 Å². The van der Waals surface area contributed by atoms with Crippen LogP contribution in [0.4, 0.5) is 11.5 Å². The van der Waals surface area contributed by atoms with E-state index in [-0.39, 0.29) is 11.8 Å². The zero-order chi connectivity index (χ0) is 14.7. The van der Waals surface area contributed by atoms with Gasteiger partial charge in [-0.05, 0) is 25.0 Å². The summed E-state index contributed by atoms with van der Waals surface area (Å²) in [4.78, 5) is 30.8. The minimum absolute atomic E-state index is 0.0843. The Morgan fingerprint density at radius 1 is 1.24 bits per heavy atom. The molecule has 2 fully saturated rings. The topological polar surface area (TPSA) is 65.5 Å². The molecule has 2 heterocycles. The molecule has 0 radical (unpaired) electrons. The van der Waals surface area contributed by atoms with Gasteiger partial charge >= 0.3 is 0 Å². The average Bonchev–Trinajstić information content (AvgIpc) is 2.46. The highest BCUT2D eigenvalue weighted by molar-refractivity contribution is 5.92. The summed E-state index contributed by atoms with van der Waals surface area (Å²) < 4.78 is 0. The van der Waals surface area contributed by atoms with Crippen molar-refractivity contribution in [1.82, 2.24) is 9.88 Å². The summed E-state index contributed by atoms with van der Waals surface area (Å²) in [5.74, 6) is 0.867. The SMILES string of the molecule is O=CN1CCN(c2ccc(NC(=O)C3CCC3)nc2)CC1. The van der Waals surface area contributed by atoms with E-state index >= 15 is 0 Å². The maximum Gasteiger partial charge on any atom is 0.228 e. The summed E-state index contributed by atoms with van der Waals surface area (Å²) in [6.07, 6.45) is 5.81. The van der Waals surface area contributed by atoms with Crippen molar-refractivity contribution in [2.24, 2.45) is 5.92 Å². The third-order valence-corrected chi connectivity index (χ3v) is 4.30. The lowest BCUT2D eigenvalue weighted by molar-refractivity contribution is -0.122. The van der Waals surface area contributed by atoms with Gasteiger partial charge in [-0.15, -0.1) is 0 Å². The molecule has 1 aliphatic heterocycles. The van der Waals surface area contributed by atoms with E-state index < -0.39 is 0 Å². The predicted octanol–water partition coefficient (Wildman–Crippen LogP) is 1.10. The molecule has 2 amide bonds. The quantitative estimate of drug-likeness (QED) is 0.843. The summed E-state index contributed by atoms with van der Waals surface area (Å²) in [5.41, 5.74) is 1.03. The van der Waals surface area contributed by atoms with Crippen LogP contribution in [0.15, 0.2) is 18.3 Å². The van der Waals surface area contributed by atoms with Crippen LogP contribution in [-0.4, -0.2) is 48.4 Å². The van der Waals surface area contributed by atoms with Gasteiger partial charge in [0.2, 0.25) is 12.3 Å². The highest BCUT2D eigenvalue weighted by Gasteiger charge is 2.25. The second kappa shape index (κ2) is 6.11. The molecule has 21 heavy (non-hydrogen) atoms. The molecule has 1 aliphatic carbocycles. The first kappa shape index (κ1) is 13.9. The largest absolute Gasteiger partial charge is 0.367 e. The van der Waals surface area contributed by atoms with E-state index in [9.17, 15) is 9.59 Å². The van der Waals surface area contributed by atoms with Crippen molar-refractivity contribution in [2.45, 2.75) is 19.3 Å². The first-order valence-corrected chi connectivity index (χ1v) is 7.47. The Bertz CT molecular complexity index is 505. The molecule has 1 N–H and O–H groups in total. The molecule has 0 aromatic carbocycles. The zero-order valence-electron chi connectivity index (χ0n) is 12.0. The molecule has 0 unspecified atom stereocenters. The molecule has 112 valence electrons. The van der Waals surface area contributed by atoms with E-state index in [0.717, 1.165) is 57.5 Å². The average molecular weight is 288 g/mol. The Morgan fingerprint density at radius 2 is 2.00 bits per heavy atom. The Morgan fingerprint density at radius 3 is 2.52 bits per heavy atom. The molecule has 0 bridgehead atoms. The van der Waals surface area contributed by atoms with E-state index in [0.29, 0.717) is 5.82 Å². The molecule has 6 nitrogen and oxygen atoms in total. The normalized spacial score (nSPS) is 19.0. The number of hydrogen-bond acceptors (Lipinski definition) is 4. The molecule has 3 rings (SSSR count). The van der Waals surface area contributed by atoms with Crippen LogP contribution in [0.2, 0.25) is 0 Å². The molecule has 1 aromatic heterocycles. The van der Waals surface area contributed by atoms with Gasteiger partial charge in [-0.3, -0.25) is 9.59 Å². The number of carbonyl (C=O) groups excluding carboxylic acids is 2. The van der Waals surface area contributed by atoms with Gasteiger partial charge in [0.25, 0.3) is 0 Å². The monoisotopic (exact) mass is 288 g/mol. The predicted molar refractivity (Wildman–Crippen MR) is 80.1 cm³/mol. The number of piperazine rings is 1. The highest BCUT2D eigenvalue weighted by Crippen LogP contribution is 2.27. The van der Waals surface area contributed by atoms with Crippen molar-refractivity contribution in [3.05, 3.63) is 18.3 Å². The highest BCUT2D eigenvalue weighted by atomic mass is 16.2. The van der Waals surface area contributed by atoms with Gasteiger partial charge < -0.3 is 15.1 Å². The lowest BCUT2D eigenvalue weighted by atomic mass is 9.85. The molecule has 6 heteroatoms. The van der Waals surface area contributed by atoms with Crippen LogP contribution in [0.1, 0.15) is 19.3 Å². The fourth-order valence-corrected chi connectivity index (χ4v) is 2.63. The lowest BCUT2D eigenvalue weighted by Gasteiger charge is -2.33. The van der Waals surface area contributed by atoms with Crippen LogP contribution in [-0.2, 0) is 9.59 Å². The second-order valence-corrected chi connectivity index (χ2v) is 5.65. The molecule has 1 saturated carbocycles. The van der Waals surface area contributed by atoms with Crippen molar-refractivity contribution < 1.29 is 9.59 Å². The number of carbonyl (C=O) groups is 2. The van der Waals surface area contributed by atoms with Crippen LogP contribution in [0.5, 0.6) is 0 Å². The first-order valence-electron chi connectivity index (χ1n) is 7.47. The summed E-state index contributed by atoms with van der Waals surface area (Å²) in [7, 11) is 0. The van der Waals surface area contributed by atoms with Gasteiger partial charge in [-0.1, -0.05) is 6.42 Å². The molecular formula is C15H20N4O2. The number of amides is 2. The summed E-state index contributed by atoms with van der Waals surface area (Å²) in [5, 5.41) is 2.87.